The van der Waals surface area contributed by atoms with Crippen LogP contribution in [0.15, 0.2) is 18.3 Å². The first-order chi connectivity index (χ1) is 7.57. The Labute approximate surface area is 98.5 Å². The van der Waals surface area contributed by atoms with Crippen LogP contribution in [0.25, 0.3) is 0 Å². The number of piperidine rings is 1. The van der Waals surface area contributed by atoms with E-state index in [4.69, 9.17) is 0 Å². The van der Waals surface area contributed by atoms with Crippen LogP contribution < -0.4 is 5.32 Å². The molecular formula is C14H22N2. The number of pyridine rings is 1. The molecule has 0 spiro atoms. The number of rotatable bonds is 1. The molecular weight excluding hydrogens is 196 g/mol. The lowest BCUT2D eigenvalue weighted by Gasteiger charge is -2.24. The van der Waals surface area contributed by atoms with Crippen LogP contribution in [0.3, 0.4) is 0 Å². The maximum atomic E-state index is 4.60. The van der Waals surface area contributed by atoms with E-state index < -0.39 is 0 Å². The predicted molar refractivity (Wildman–Crippen MR) is 67.8 cm³/mol. The van der Waals surface area contributed by atoms with Crippen LogP contribution in [-0.4, -0.2) is 18.1 Å². The van der Waals surface area contributed by atoms with Crippen LogP contribution >= 0.6 is 0 Å². The van der Waals surface area contributed by atoms with Crippen LogP contribution in [0.2, 0.25) is 0 Å². The lowest BCUT2D eigenvalue weighted by atomic mass is 9.88. The van der Waals surface area contributed by atoms with Crippen molar-refractivity contribution in [2.45, 2.75) is 44.9 Å². The Bertz CT molecular complexity index is 329. The van der Waals surface area contributed by atoms with E-state index >= 15 is 0 Å². The summed E-state index contributed by atoms with van der Waals surface area (Å²) in [6, 6.07) is 4.46. The molecule has 1 aliphatic rings. The van der Waals surface area contributed by atoms with Crippen molar-refractivity contribution >= 4 is 0 Å². The van der Waals surface area contributed by atoms with Gasteiger partial charge in [0, 0.05) is 17.3 Å². The molecule has 0 bridgehead atoms. The Morgan fingerprint density at radius 3 is 2.38 bits per heavy atom. The van der Waals surface area contributed by atoms with E-state index in [1.807, 2.05) is 0 Å². The smallest absolute Gasteiger partial charge is 0.0457 e. The van der Waals surface area contributed by atoms with Crippen molar-refractivity contribution in [2.24, 2.45) is 0 Å². The molecule has 2 rings (SSSR count). The largest absolute Gasteiger partial charge is 0.317 e. The summed E-state index contributed by atoms with van der Waals surface area (Å²) in [7, 11) is 0. The van der Waals surface area contributed by atoms with Gasteiger partial charge in [0.2, 0.25) is 0 Å². The molecule has 1 saturated heterocycles. The SMILES string of the molecule is CC(C)(C)c1ccc(C2CCNCC2)cn1. The zero-order valence-electron chi connectivity index (χ0n) is 10.6. The van der Waals surface area contributed by atoms with E-state index in [2.05, 4.69) is 49.4 Å². The van der Waals surface area contributed by atoms with Gasteiger partial charge in [-0.05, 0) is 43.5 Å². The molecule has 16 heavy (non-hydrogen) atoms. The van der Waals surface area contributed by atoms with Crippen LogP contribution in [0.5, 0.6) is 0 Å². The van der Waals surface area contributed by atoms with Crippen LogP contribution in [0, 0.1) is 0 Å². The number of hydrogen-bond acceptors (Lipinski definition) is 2. The lowest BCUT2D eigenvalue weighted by Crippen LogP contribution is -2.26. The van der Waals surface area contributed by atoms with Gasteiger partial charge >= 0.3 is 0 Å². The van der Waals surface area contributed by atoms with Crippen molar-refractivity contribution in [3.63, 3.8) is 0 Å². The molecule has 0 saturated carbocycles. The van der Waals surface area contributed by atoms with Crippen LogP contribution in [-0.2, 0) is 5.41 Å². The van der Waals surface area contributed by atoms with E-state index in [0.717, 1.165) is 13.1 Å². The summed E-state index contributed by atoms with van der Waals surface area (Å²) in [5.41, 5.74) is 2.76. The maximum absolute atomic E-state index is 4.60. The lowest BCUT2D eigenvalue weighted by molar-refractivity contribution is 0.458. The first-order valence-corrected chi connectivity index (χ1v) is 6.24. The zero-order valence-corrected chi connectivity index (χ0v) is 10.6. The number of nitrogens with one attached hydrogen (secondary N) is 1. The van der Waals surface area contributed by atoms with Crippen molar-refractivity contribution in [1.82, 2.24) is 10.3 Å². The van der Waals surface area contributed by atoms with Gasteiger partial charge in [-0.1, -0.05) is 26.8 Å². The monoisotopic (exact) mass is 218 g/mol. The van der Waals surface area contributed by atoms with E-state index in [-0.39, 0.29) is 5.41 Å². The zero-order chi connectivity index (χ0) is 11.6. The highest BCUT2D eigenvalue weighted by Gasteiger charge is 2.18. The minimum absolute atomic E-state index is 0.159. The van der Waals surface area contributed by atoms with Crippen molar-refractivity contribution in [2.75, 3.05) is 13.1 Å². The van der Waals surface area contributed by atoms with Crippen molar-refractivity contribution in [3.8, 4) is 0 Å². The molecule has 2 nitrogen and oxygen atoms in total. The summed E-state index contributed by atoms with van der Waals surface area (Å²) >= 11 is 0. The summed E-state index contributed by atoms with van der Waals surface area (Å²) in [6.45, 7) is 8.91. The number of hydrogen-bond donors (Lipinski definition) is 1. The predicted octanol–water partition coefficient (Wildman–Crippen LogP) is 2.85. The van der Waals surface area contributed by atoms with Gasteiger partial charge in [-0.25, -0.2) is 0 Å². The molecule has 0 atom stereocenters. The normalized spacial score (nSPS) is 18.7. The highest BCUT2D eigenvalue weighted by atomic mass is 14.9. The van der Waals surface area contributed by atoms with E-state index in [9.17, 15) is 0 Å². The molecule has 1 aromatic heterocycles. The second-order valence-corrected chi connectivity index (χ2v) is 5.75. The molecule has 0 radical (unpaired) electrons. The highest BCUT2D eigenvalue weighted by Crippen LogP contribution is 2.26. The van der Waals surface area contributed by atoms with Crippen molar-refractivity contribution < 1.29 is 0 Å². The molecule has 1 aliphatic heterocycles. The third-order valence-electron chi connectivity index (χ3n) is 3.37. The summed E-state index contributed by atoms with van der Waals surface area (Å²) in [6.07, 6.45) is 4.57. The first-order valence-electron chi connectivity index (χ1n) is 6.24. The Morgan fingerprint density at radius 2 is 1.88 bits per heavy atom. The van der Waals surface area contributed by atoms with Gasteiger partial charge in [0.05, 0.1) is 0 Å². The highest BCUT2D eigenvalue weighted by molar-refractivity contribution is 5.22. The van der Waals surface area contributed by atoms with Gasteiger partial charge in [0.25, 0.3) is 0 Å². The van der Waals surface area contributed by atoms with E-state index in [1.54, 1.807) is 0 Å². The molecule has 88 valence electrons. The third kappa shape index (κ3) is 2.62. The number of nitrogens with zero attached hydrogens (tertiary/aromatic N) is 1. The molecule has 2 heteroatoms. The molecule has 2 heterocycles. The Balaban J connectivity index is 2.12. The molecule has 1 N–H and O–H groups in total. The summed E-state index contributed by atoms with van der Waals surface area (Å²) < 4.78 is 0. The molecule has 1 fully saturated rings. The minimum Gasteiger partial charge on any atom is -0.317 e. The molecule has 0 unspecified atom stereocenters. The summed E-state index contributed by atoms with van der Waals surface area (Å²) in [5, 5.41) is 3.40. The molecule has 0 aliphatic carbocycles. The van der Waals surface area contributed by atoms with Gasteiger partial charge in [-0.15, -0.1) is 0 Å². The topological polar surface area (TPSA) is 24.9 Å². The fraction of sp³-hybridized carbons (Fsp3) is 0.643. The van der Waals surface area contributed by atoms with Crippen molar-refractivity contribution in [1.29, 1.82) is 0 Å². The third-order valence-corrected chi connectivity index (χ3v) is 3.37. The van der Waals surface area contributed by atoms with Gasteiger partial charge < -0.3 is 5.32 Å². The second-order valence-electron chi connectivity index (χ2n) is 5.75. The molecule has 0 aromatic carbocycles. The number of aromatic nitrogens is 1. The average Bonchev–Trinajstić information content (AvgIpc) is 2.29. The standard InChI is InChI=1S/C14H22N2/c1-14(2,3)13-5-4-12(10-16-13)11-6-8-15-9-7-11/h4-5,10-11,15H,6-9H2,1-3H3. The Hall–Kier alpha value is -0.890. The van der Waals surface area contributed by atoms with Crippen LogP contribution in [0.4, 0.5) is 0 Å². The fourth-order valence-electron chi connectivity index (χ4n) is 2.25. The van der Waals surface area contributed by atoms with Gasteiger partial charge in [-0.3, -0.25) is 4.98 Å². The minimum atomic E-state index is 0.159. The second kappa shape index (κ2) is 4.54. The van der Waals surface area contributed by atoms with Gasteiger partial charge in [0.15, 0.2) is 0 Å². The first kappa shape index (κ1) is 11.6. The molecule has 0 amide bonds. The van der Waals surface area contributed by atoms with E-state index in [0.29, 0.717) is 5.92 Å². The quantitative estimate of drug-likeness (QED) is 0.784. The Morgan fingerprint density at radius 1 is 1.19 bits per heavy atom. The summed E-state index contributed by atoms with van der Waals surface area (Å²) in [5.74, 6) is 0.711. The summed E-state index contributed by atoms with van der Waals surface area (Å²) in [4.78, 5) is 4.60. The fourth-order valence-corrected chi connectivity index (χ4v) is 2.25. The average molecular weight is 218 g/mol. The van der Waals surface area contributed by atoms with Gasteiger partial charge in [-0.2, -0.15) is 0 Å². The van der Waals surface area contributed by atoms with E-state index in [1.165, 1.54) is 24.1 Å². The van der Waals surface area contributed by atoms with Crippen LogP contribution in [0.1, 0.15) is 50.8 Å². The van der Waals surface area contributed by atoms with Gasteiger partial charge in [0.1, 0.15) is 0 Å². The van der Waals surface area contributed by atoms with Crippen molar-refractivity contribution in [3.05, 3.63) is 29.6 Å². The maximum Gasteiger partial charge on any atom is 0.0457 e. The Kier molecular flexibility index (Phi) is 3.29. The molecule has 1 aromatic rings.